The average Bonchev–Trinajstić information content (AvgIpc) is 3.43. The molecule has 2 heterocycles. The van der Waals surface area contributed by atoms with Gasteiger partial charge in [-0.05, 0) is 33.1 Å². The minimum atomic E-state index is -2.67. The van der Waals surface area contributed by atoms with Crippen molar-refractivity contribution in [1.29, 1.82) is 0 Å². The number of hydrogen-bond acceptors (Lipinski definition) is 3. The van der Waals surface area contributed by atoms with Crippen molar-refractivity contribution >= 4 is 18.7 Å². The maximum atomic E-state index is 7.51. The molecule has 1 aromatic heterocycles. The van der Waals surface area contributed by atoms with Crippen LogP contribution in [-0.2, 0) is 9.16 Å². The molecule has 1 aliphatic heterocycles. The summed E-state index contributed by atoms with van der Waals surface area (Å²) in [5, 5.41) is 2.53. The number of benzene rings is 3. The monoisotopic (exact) mass is 482 g/mol. The van der Waals surface area contributed by atoms with Crippen LogP contribution in [0.2, 0.25) is 5.04 Å². The Morgan fingerprint density at radius 3 is 1.74 bits per heavy atom. The van der Waals surface area contributed by atoms with E-state index in [1.54, 1.807) is 6.26 Å². The smallest absolute Gasteiger partial charge is 0.261 e. The van der Waals surface area contributed by atoms with E-state index in [0.29, 0.717) is 0 Å². The van der Waals surface area contributed by atoms with Crippen molar-refractivity contribution in [3.63, 3.8) is 0 Å². The lowest BCUT2D eigenvalue weighted by Crippen LogP contribution is -2.68. The largest absolute Gasteiger partial charge is 0.467 e. The molecule has 3 atom stereocenters. The molecule has 0 bridgehead atoms. The van der Waals surface area contributed by atoms with Gasteiger partial charge in [0.2, 0.25) is 0 Å². The van der Waals surface area contributed by atoms with Crippen molar-refractivity contribution < 1.29 is 13.6 Å². The first kappa shape index (κ1) is 23.8. The molecule has 0 amide bonds. The highest BCUT2D eigenvalue weighted by molar-refractivity contribution is 6.99. The molecule has 5 rings (SSSR count). The van der Waals surface area contributed by atoms with E-state index in [-0.39, 0.29) is 23.4 Å². The molecule has 1 saturated heterocycles. The Bertz CT molecular complexity index is 1140. The van der Waals surface area contributed by atoms with Gasteiger partial charge in [-0.1, -0.05) is 112 Å². The fourth-order valence-corrected chi connectivity index (χ4v) is 10.2. The molecule has 1 fully saturated rings. The lowest BCUT2D eigenvalue weighted by atomic mass is 9.95. The Morgan fingerprint density at radius 1 is 0.686 bits per heavy atom. The molecule has 1 aliphatic rings. The van der Waals surface area contributed by atoms with Gasteiger partial charge in [0.15, 0.2) is 0 Å². The average molecular weight is 483 g/mol. The second kappa shape index (κ2) is 9.98. The normalized spacial score (nSPS) is 21.1. The summed E-state index contributed by atoms with van der Waals surface area (Å²) in [6, 6.07) is 36.2. The summed E-state index contributed by atoms with van der Waals surface area (Å²) >= 11 is 0. The van der Waals surface area contributed by atoms with Gasteiger partial charge in [0.1, 0.15) is 11.9 Å². The van der Waals surface area contributed by atoms with Crippen molar-refractivity contribution in [3.8, 4) is 0 Å². The van der Waals surface area contributed by atoms with E-state index < -0.39 is 8.32 Å². The number of furan rings is 1. The third-order valence-electron chi connectivity index (χ3n) is 7.07. The fraction of sp³-hybridized carbons (Fsp3) is 0.290. The SMILES string of the molecule is CC(C)(C)[Si](O[C@@H]1C[C@@H](c2ccccc2)O[C@H](c2ccco2)C1)(c1ccccc1)c1ccccc1. The van der Waals surface area contributed by atoms with Crippen LogP contribution in [0.4, 0.5) is 0 Å². The molecule has 0 aliphatic carbocycles. The Kier molecular flexibility index (Phi) is 6.79. The summed E-state index contributed by atoms with van der Waals surface area (Å²) in [5.74, 6) is 0.863. The van der Waals surface area contributed by atoms with Gasteiger partial charge in [0.05, 0.1) is 18.5 Å². The first-order valence-electron chi connectivity index (χ1n) is 12.5. The van der Waals surface area contributed by atoms with E-state index in [1.165, 1.54) is 15.9 Å². The second-order valence-electron chi connectivity index (χ2n) is 10.4. The Balaban J connectivity index is 1.58. The van der Waals surface area contributed by atoms with Crippen molar-refractivity contribution in [2.75, 3.05) is 0 Å². The van der Waals surface area contributed by atoms with Crippen LogP contribution in [0.25, 0.3) is 0 Å². The third kappa shape index (κ3) is 4.79. The second-order valence-corrected chi connectivity index (χ2v) is 14.7. The minimum absolute atomic E-state index is 0.0235. The van der Waals surface area contributed by atoms with Gasteiger partial charge in [-0.15, -0.1) is 0 Å². The van der Waals surface area contributed by atoms with Crippen molar-refractivity contribution in [2.45, 2.75) is 57.0 Å². The fourth-order valence-electron chi connectivity index (χ4n) is 5.46. The van der Waals surface area contributed by atoms with E-state index in [4.69, 9.17) is 13.6 Å². The molecule has 0 N–H and O–H groups in total. The molecule has 4 aromatic rings. The standard InChI is InChI=1S/C31H34O3Si/c1-31(2,3)35(26-16-9-5-10-17-26,27-18-11-6-12-19-27)34-25-22-29(24-14-7-4-8-15-24)33-30(23-25)28-20-13-21-32-28/h4-21,25,29-30H,22-23H2,1-3H3/t25-,29+,30+/m1/s1. The van der Waals surface area contributed by atoms with Crippen molar-refractivity contribution in [3.05, 3.63) is 121 Å². The predicted octanol–water partition coefficient (Wildman–Crippen LogP) is 6.82. The topological polar surface area (TPSA) is 31.6 Å². The van der Waals surface area contributed by atoms with Crippen LogP contribution in [0.5, 0.6) is 0 Å². The quantitative estimate of drug-likeness (QED) is 0.283. The molecule has 35 heavy (non-hydrogen) atoms. The van der Waals surface area contributed by atoms with Gasteiger partial charge in [-0.3, -0.25) is 0 Å². The summed E-state index contributed by atoms with van der Waals surface area (Å²) in [6.45, 7) is 6.99. The van der Waals surface area contributed by atoms with Crippen LogP contribution in [0.3, 0.4) is 0 Å². The summed E-state index contributed by atoms with van der Waals surface area (Å²) in [5.41, 5.74) is 1.18. The maximum absolute atomic E-state index is 7.51. The van der Waals surface area contributed by atoms with E-state index in [0.717, 1.165) is 18.6 Å². The molecule has 3 nitrogen and oxygen atoms in total. The van der Waals surface area contributed by atoms with Gasteiger partial charge >= 0.3 is 0 Å². The van der Waals surface area contributed by atoms with Gasteiger partial charge < -0.3 is 13.6 Å². The summed E-state index contributed by atoms with van der Waals surface area (Å²) in [6.07, 6.45) is 3.13. The molecule has 180 valence electrons. The zero-order chi connectivity index (χ0) is 24.3. The molecule has 4 heteroatoms. The van der Waals surface area contributed by atoms with Crippen molar-refractivity contribution in [1.82, 2.24) is 0 Å². The minimum Gasteiger partial charge on any atom is -0.467 e. The van der Waals surface area contributed by atoms with Gasteiger partial charge in [-0.2, -0.15) is 0 Å². The van der Waals surface area contributed by atoms with Crippen LogP contribution in [-0.4, -0.2) is 14.4 Å². The van der Waals surface area contributed by atoms with E-state index in [1.807, 2.05) is 18.2 Å². The Morgan fingerprint density at radius 2 is 1.23 bits per heavy atom. The zero-order valence-electron chi connectivity index (χ0n) is 20.8. The lowest BCUT2D eigenvalue weighted by molar-refractivity contribution is -0.103. The number of ether oxygens (including phenoxy) is 1. The Labute approximate surface area is 209 Å². The zero-order valence-corrected chi connectivity index (χ0v) is 21.8. The molecule has 0 saturated carbocycles. The van der Waals surface area contributed by atoms with Gasteiger partial charge in [0.25, 0.3) is 8.32 Å². The van der Waals surface area contributed by atoms with E-state index >= 15 is 0 Å². The highest BCUT2D eigenvalue weighted by atomic mass is 28.4. The van der Waals surface area contributed by atoms with Gasteiger partial charge in [-0.25, -0.2) is 0 Å². The van der Waals surface area contributed by atoms with E-state index in [2.05, 4.69) is 106 Å². The molecular weight excluding hydrogens is 448 g/mol. The molecule has 0 unspecified atom stereocenters. The van der Waals surface area contributed by atoms with Crippen LogP contribution in [0.15, 0.2) is 114 Å². The predicted molar refractivity (Wildman–Crippen MR) is 143 cm³/mol. The van der Waals surface area contributed by atoms with Gasteiger partial charge in [0, 0.05) is 12.8 Å². The molecule has 3 aromatic carbocycles. The molecular formula is C31H34O3Si. The van der Waals surface area contributed by atoms with Crippen molar-refractivity contribution in [2.24, 2.45) is 0 Å². The van der Waals surface area contributed by atoms with E-state index in [9.17, 15) is 0 Å². The number of hydrogen-bond donors (Lipinski definition) is 0. The van der Waals surface area contributed by atoms with Crippen LogP contribution in [0.1, 0.15) is 57.1 Å². The summed E-state index contributed by atoms with van der Waals surface area (Å²) in [7, 11) is -2.67. The first-order chi connectivity index (χ1) is 17.0. The molecule has 0 spiro atoms. The Hall–Kier alpha value is -2.92. The summed E-state index contributed by atoms with van der Waals surface area (Å²) < 4.78 is 19.9. The maximum Gasteiger partial charge on any atom is 0.261 e. The van der Waals surface area contributed by atoms with Crippen LogP contribution >= 0.6 is 0 Å². The third-order valence-corrected chi connectivity index (χ3v) is 12.2. The lowest BCUT2D eigenvalue weighted by Gasteiger charge is -2.47. The molecule has 0 radical (unpaired) electrons. The first-order valence-corrected chi connectivity index (χ1v) is 14.4. The van der Waals surface area contributed by atoms with Crippen LogP contribution in [0, 0.1) is 0 Å². The highest BCUT2D eigenvalue weighted by Gasteiger charge is 2.52. The highest BCUT2D eigenvalue weighted by Crippen LogP contribution is 2.44. The number of rotatable bonds is 6. The summed E-state index contributed by atoms with van der Waals surface area (Å²) in [4.78, 5) is 0. The van der Waals surface area contributed by atoms with Crippen LogP contribution < -0.4 is 10.4 Å².